The maximum atomic E-state index is 13.4. The molecular weight excluding hydrogens is 508 g/mol. The summed E-state index contributed by atoms with van der Waals surface area (Å²) in [6.45, 7) is 3.81. The van der Waals surface area contributed by atoms with Gasteiger partial charge in [0.15, 0.2) is 0 Å². The van der Waals surface area contributed by atoms with Crippen molar-refractivity contribution in [3.05, 3.63) is 106 Å². The van der Waals surface area contributed by atoms with E-state index in [4.69, 9.17) is 15.2 Å². The van der Waals surface area contributed by atoms with E-state index in [1.165, 1.54) is 23.9 Å². The number of nitrogens with zero attached hydrogens (tertiary/aromatic N) is 5. The van der Waals surface area contributed by atoms with Crippen molar-refractivity contribution in [1.29, 1.82) is 5.26 Å². The molecule has 0 spiro atoms. The Morgan fingerprint density at radius 3 is 2.15 bits per heavy atom. The second-order valence-corrected chi connectivity index (χ2v) is 9.29. The van der Waals surface area contributed by atoms with E-state index in [0.717, 1.165) is 11.3 Å². The van der Waals surface area contributed by atoms with Crippen molar-refractivity contribution in [3.8, 4) is 11.8 Å². The number of hydrogen-bond donors (Lipinski definition) is 1. The first-order valence-electron chi connectivity index (χ1n) is 12.4. The van der Waals surface area contributed by atoms with Crippen molar-refractivity contribution in [2.24, 2.45) is 5.73 Å². The number of ether oxygens (including phenoxy) is 2. The molecule has 4 aromatic rings. The molecule has 3 aromatic carbocycles. The Labute approximate surface area is 230 Å². The van der Waals surface area contributed by atoms with E-state index in [-0.39, 0.29) is 22.7 Å². The van der Waals surface area contributed by atoms with Gasteiger partial charge in [-0.05, 0) is 49.2 Å². The molecule has 1 aromatic heterocycles. The van der Waals surface area contributed by atoms with Crippen molar-refractivity contribution in [2.75, 3.05) is 19.1 Å². The molecule has 0 radical (unpaired) electrons. The van der Waals surface area contributed by atoms with Crippen LogP contribution in [0.1, 0.15) is 22.6 Å². The summed E-state index contributed by atoms with van der Waals surface area (Å²) < 4.78 is 10.2. The first kappa shape index (κ1) is 26.2. The Balaban J connectivity index is 1.77. The monoisotopic (exact) mass is 534 g/mol. The largest absolute Gasteiger partial charge is 0.466 e. The first-order valence-corrected chi connectivity index (χ1v) is 12.4. The van der Waals surface area contributed by atoms with Crippen molar-refractivity contribution < 1.29 is 19.1 Å². The number of hydrogen-bond acceptors (Lipinski definition) is 9. The fraction of sp³-hybridized carbons (Fsp3) is 0.167. The van der Waals surface area contributed by atoms with Crippen LogP contribution in [0.4, 0.5) is 5.69 Å². The third-order valence-electron chi connectivity index (χ3n) is 6.81. The SMILES string of the molecule is COC(=O)C1=C(C(=O)OC)N(c2cc3nn(-c4ccc(C)cc4)nc3cc2C)C(N)=C(C#N)C1c1ccccc1. The molecular formula is C30H26N6O4. The van der Waals surface area contributed by atoms with E-state index in [1.807, 2.05) is 44.2 Å². The number of esters is 2. The number of methoxy groups -OCH3 is 2. The van der Waals surface area contributed by atoms with Gasteiger partial charge in [-0.15, -0.1) is 10.2 Å². The Morgan fingerprint density at radius 1 is 0.925 bits per heavy atom. The number of aryl methyl sites for hydroxylation is 2. The molecule has 10 heteroatoms. The van der Waals surface area contributed by atoms with Gasteiger partial charge in [-0.2, -0.15) is 10.1 Å². The topological polar surface area (TPSA) is 136 Å². The van der Waals surface area contributed by atoms with Crippen LogP contribution in [0.2, 0.25) is 0 Å². The summed E-state index contributed by atoms with van der Waals surface area (Å²) in [4.78, 5) is 29.6. The number of benzene rings is 3. The number of allylic oxidation sites excluding steroid dienone is 1. The molecule has 0 saturated heterocycles. The molecule has 2 heterocycles. The van der Waals surface area contributed by atoms with Gasteiger partial charge in [-0.25, -0.2) is 9.59 Å². The summed E-state index contributed by atoms with van der Waals surface area (Å²) in [6, 6.07) is 22.3. The standard InChI is InChI=1S/C30H26N6O4/c1-17-10-12-20(13-11-17)36-33-22-14-18(2)24(15-23(22)34-36)35-27(30(38)40-4)26(29(37)39-3)25(21(16-31)28(35)32)19-8-6-5-7-9-19/h5-15,25H,32H2,1-4H3. The lowest BCUT2D eigenvalue weighted by Crippen LogP contribution is -2.41. The minimum Gasteiger partial charge on any atom is -0.466 e. The quantitative estimate of drug-likeness (QED) is 0.378. The van der Waals surface area contributed by atoms with E-state index < -0.39 is 17.9 Å². The summed E-state index contributed by atoms with van der Waals surface area (Å²) in [5.74, 6) is -2.57. The zero-order chi connectivity index (χ0) is 28.6. The Bertz CT molecular complexity index is 1750. The van der Waals surface area contributed by atoms with Gasteiger partial charge < -0.3 is 15.2 Å². The Morgan fingerprint density at radius 2 is 1.55 bits per heavy atom. The molecule has 0 amide bonds. The van der Waals surface area contributed by atoms with Crippen LogP contribution < -0.4 is 10.6 Å². The molecule has 2 N–H and O–H groups in total. The van der Waals surface area contributed by atoms with Gasteiger partial charge in [0.05, 0.1) is 48.7 Å². The van der Waals surface area contributed by atoms with E-state index in [2.05, 4.69) is 16.3 Å². The summed E-state index contributed by atoms with van der Waals surface area (Å²) in [5, 5.41) is 19.5. The smallest absolute Gasteiger partial charge is 0.355 e. The molecule has 0 bridgehead atoms. The van der Waals surface area contributed by atoms with Gasteiger partial charge in [0.1, 0.15) is 22.6 Å². The predicted octanol–water partition coefficient (Wildman–Crippen LogP) is 3.94. The molecule has 1 atom stereocenters. The zero-order valence-corrected chi connectivity index (χ0v) is 22.4. The van der Waals surface area contributed by atoms with Gasteiger partial charge in [-0.1, -0.05) is 48.0 Å². The summed E-state index contributed by atoms with van der Waals surface area (Å²) in [7, 11) is 2.42. The van der Waals surface area contributed by atoms with Gasteiger partial charge in [0, 0.05) is 0 Å². The summed E-state index contributed by atoms with van der Waals surface area (Å²) in [6.07, 6.45) is 0. The number of anilines is 1. The number of carbonyl (C=O) groups is 2. The number of rotatable bonds is 5. The minimum absolute atomic E-state index is 0.0159. The predicted molar refractivity (Wildman–Crippen MR) is 148 cm³/mol. The molecule has 40 heavy (non-hydrogen) atoms. The number of aromatic nitrogens is 3. The van der Waals surface area contributed by atoms with Crippen LogP contribution in [-0.4, -0.2) is 41.2 Å². The van der Waals surface area contributed by atoms with E-state index in [0.29, 0.717) is 27.8 Å². The molecule has 200 valence electrons. The molecule has 5 rings (SSSR count). The summed E-state index contributed by atoms with van der Waals surface area (Å²) in [5.41, 5.74) is 11.2. The Hall–Kier alpha value is -5.43. The van der Waals surface area contributed by atoms with Crippen LogP contribution in [0, 0.1) is 25.2 Å². The lowest BCUT2D eigenvalue weighted by molar-refractivity contribution is -0.139. The van der Waals surface area contributed by atoms with Crippen molar-refractivity contribution in [2.45, 2.75) is 19.8 Å². The highest BCUT2D eigenvalue weighted by Crippen LogP contribution is 2.44. The summed E-state index contributed by atoms with van der Waals surface area (Å²) >= 11 is 0. The van der Waals surface area contributed by atoms with Crippen LogP contribution in [0.5, 0.6) is 0 Å². The van der Waals surface area contributed by atoms with Crippen LogP contribution in [0.3, 0.4) is 0 Å². The zero-order valence-electron chi connectivity index (χ0n) is 22.4. The highest BCUT2D eigenvalue weighted by Gasteiger charge is 2.43. The van der Waals surface area contributed by atoms with Crippen LogP contribution in [-0.2, 0) is 19.1 Å². The van der Waals surface area contributed by atoms with Crippen LogP contribution in [0.15, 0.2) is 89.4 Å². The molecule has 10 nitrogen and oxygen atoms in total. The fourth-order valence-electron chi connectivity index (χ4n) is 4.85. The van der Waals surface area contributed by atoms with Gasteiger partial charge in [-0.3, -0.25) is 4.90 Å². The molecule has 1 unspecified atom stereocenters. The number of nitriles is 1. The third kappa shape index (κ3) is 4.33. The van der Waals surface area contributed by atoms with Crippen molar-refractivity contribution in [1.82, 2.24) is 15.0 Å². The Kier molecular flexibility index (Phi) is 6.80. The molecule has 1 aliphatic heterocycles. The molecule has 0 saturated carbocycles. The lowest BCUT2D eigenvalue weighted by atomic mass is 9.80. The van der Waals surface area contributed by atoms with Gasteiger partial charge in [0.2, 0.25) is 0 Å². The minimum atomic E-state index is -0.949. The average Bonchev–Trinajstić information content (AvgIpc) is 3.38. The molecule has 0 fully saturated rings. The van der Waals surface area contributed by atoms with Crippen molar-refractivity contribution in [3.63, 3.8) is 0 Å². The number of carbonyl (C=O) groups excluding carboxylic acids is 2. The molecule has 1 aliphatic rings. The van der Waals surface area contributed by atoms with E-state index >= 15 is 0 Å². The number of nitrogens with two attached hydrogens (primary N) is 1. The third-order valence-corrected chi connectivity index (χ3v) is 6.81. The second kappa shape index (κ2) is 10.4. The first-order chi connectivity index (χ1) is 19.3. The maximum Gasteiger partial charge on any atom is 0.355 e. The highest BCUT2D eigenvalue weighted by molar-refractivity contribution is 6.07. The highest BCUT2D eigenvalue weighted by atomic mass is 16.5. The lowest BCUT2D eigenvalue weighted by Gasteiger charge is -2.36. The normalized spacial score (nSPS) is 15.3. The maximum absolute atomic E-state index is 13.4. The average molecular weight is 535 g/mol. The van der Waals surface area contributed by atoms with Gasteiger partial charge >= 0.3 is 11.9 Å². The van der Waals surface area contributed by atoms with Crippen LogP contribution >= 0.6 is 0 Å². The van der Waals surface area contributed by atoms with Crippen LogP contribution in [0.25, 0.3) is 16.7 Å². The fourth-order valence-corrected chi connectivity index (χ4v) is 4.85. The second-order valence-electron chi connectivity index (χ2n) is 9.29. The number of fused-ring (bicyclic) bond motifs is 1. The van der Waals surface area contributed by atoms with Gasteiger partial charge in [0.25, 0.3) is 0 Å². The molecule has 0 aliphatic carbocycles. The van der Waals surface area contributed by atoms with E-state index in [9.17, 15) is 14.9 Å². The van der Waals surface area contributed by atoms with E-state index in [1.54, 1.807) is 36.4 Å². The van der Waals surface area contributed by atoms with Crippen molar-refractivity contribution >= 4 is 28.7 Å².